The zero-order valence-corrected chi connectivity index (χ0v) is 21.0. The highest BCUT2D eigenvalue weighted by molar-refractivity contribution is 8.01. The van der Waals surface area contributed by atoms with Gasteiger partial charge in [-0.15, -0.1) is 27.8 Å². The average molecular weight is 554 g/mol. The zero-order chi connectivity index (χ0) is 26.1. The minimum absolute atomic E-state index is 0.0953. The van der Waals surface area contributed by atoms with Crippen molar-refractivity contribution in [3.63, 3.8) is 0 Å². The van der Waals surface area contributed by atoms with E-state index in [9.17, 15) is 19.5 Å². The molecule has 0 bridgehead atoms. The third kappa shape index (κ3) is 4.69. The summed E-state index contributed by atoms with van der Waals surface area (Å²) in [7, 11) is 1.26. The summed E-state index contributed by atoms with van der Waals surface area (Å²) in [6, 6.07) is -0.964. The number of nitrogens with two attached hydrogens (primary N) is 4. The second kappa shape index (κ2) is 10.1. The molecule has 2 aliphatic rings. The van der Waals surface area contributed by atoms with Crippen LogP contribution in [0.3, 0.4) is 0 Å². The number of thiazole rings is 1. The number of nitrogens with one attached hydrogen (secondary N) is 1. The summed E-state index contributed by atoms with van der Waals surface area (Å²) in [5.41, 5.74) is 17.6. The molecule has 0 aliphatic carbocycles. The van der Waals surface area contributed by atoms with Crippen molar-refractivity contribution in [3.8, 4) is 0 Å². The third-order valence-corrected chi connectivity index (χ3v) is 8.15. The van der Waals surface area contributed by atoms with Crippen LogP contribution in [0.2, 0.25) is 0 Å². The summed E-state index contributed by atoms with van der Waals surface area (Å²) < 4.78 is 1.19. The number of nitrogens with zero attached hydrogens (tertiary/aromatic N) is 5. The normalized spacial score (nSPS) is 19.5. The lowest BCUT2D eigenvalue weighted by molar-refractivity contribution is -0.681. The predicted octanol–water partition coefficient (Wildman–Crippen LogP) is -1.83. The first kappa shape index (κ1) is 25.3. The molecule has 1 saturated heterocycles. The molecule has 0 aromatic carbocycles. The number of aliphatic carboxylic acids is 1. The summed E-state index contributed by atoms with van der Waals surface area (Å²) in [5, 5.41) is 17.6. The van der Waals surface area contributed by atoms with E-state index in [2.05, 4.69) is 20.4 Å². The van der Waals surface area contributed by atoms with Crippen LogP contribution in [0.5, 0.6) is 0 Å². The maximum Gasteiger partial charge on any atom is 0.384 e. The maximum atomic E-state index is 12.9. The number of carboxylic acid groups (broad SMARTS) is 1. The molecule has 0 saturated carbocycles. The van der Waals surface area contributed by atoms with Gasteiger partial charge in [0.15, 0.2) is 10.8 Å². The Hall–Kier alpha value is -3.77. The Labute approximate surface area is 215 Å². The number of β-lactam (4-membered cyclic amide) rings is 1. The molecule has 15 nitrogen and oxygen atoms in total. The monoisotopic (exact) mass is 553 g/mol. The summed E-state index contributed by atoms with van der Waals surface area (Å²) in [6.07, 6.45) is 1.40. The first-order chi connectivity index (χ1) is 17.1. The molecule has 2 aliphatic heterocycles. The van der Waals surface area contributed by atoms with Crippen LogP contribution in [0.1, 0.15) is 5.69 Å². The summed E-state index contributed by atoms with van der Waals surface area (Å²) >= 11 is 3.58. The molecule has 0 spiro atoms. The Morgan fingerprint density at radius 1 is 1.39 bits per heavy atom. The van der Waals surface area contributed by atoms with Crippen molar-refractivity contribution in [2.45, 2.75) is 16.6 Å². The number of carbonyl (C=O) groups excluding carboxylic acids is 2. The fraction of sp³-hybridized carbons (Fsp3) is 0.278. The smallest absolute Gasteiger partial charge is 0.384 e. The molecule has 1 unspecified atom stereocenters. The SMILES string of the molecule is CO/N=C(\C(=O)NC1C(=O)N2C(C(=O)O)=C(CSc3nc(N)c(N)c[n+]3N)CS[C@H]12)c1csc(N)n1. The Balaban J connectivity index is 1.50. The molecule has 190 valence electrons. The molecule has 36 heavy (non-hydrogen) atoms. The summed E-state index contributed by atoms with van der Waals surface area (Å²) in [4.78, 5) is 51.9. The van der Waals surface area contributed by atoms with E-state index in [4.69, 9.17) is 27.9 Å². The Bertz CT molecular complexity index is 1310. The quantitative estimate of drug-likeness (QED) is 0.0401. The van der Waals surface area contributed by atoms with Crippen LogP contribution in [0.15, 0.2) is 33.2 Å². The van der Waals surface area contributed by atoms with Crippen LogP contribution < -0.4 is 33.0 Å². The maximum absolute atomic E-state index is 12.9. The van der Waals surface area contributed by atoms with Gasteiger partial charge in [-0.2, -0.15) is 0 Å². The highest BCUT2D eigenvalue weighted by Crippen LogP contribution is 2.41. The molecule has 2 atom stereocenters. The number of hydrogen-bond acceptors (Lipinski definition) is 14. The first-order valence-electron chi connectivity index (χ1n) is 10.0. The van der Waals surface area contributed by atoms with Gasteiger partial charge in [0, 0.05) is 16.9 Å². The molecular weight excluding hydrogens is 532 g/mol. The molecule has 2 aromatic rings. The van der Waals surface area contributed by atoms with Crippen LogP contribution in [0, 0.1) is 0 Å². The number of carboxylic acids is 1. The van der Waals surface area contributed by atoms with Crippen molar-refractivity contribution in [1.82, 2.24) is 20.2 Å². The van der Waals surface area contributed by atoms with Crippen molar-refractivity contribution < 1.29 is 29.0 Å². The number of nitrogen functional groups attached to an aromatic ring is 4. The minimum Gasteiger partial charge on any atom is -0.477 e. The number of carbonyl (C=O) groups is 3. The van der Waals surface area contributed by atoms with Crippen LogP contribution in [-0.4, -0.2) is 73.5 Å². The Kier molecular flexibility index (Phi) is 7.09. The number of oxime groups is 1. The number of thioether (sulfide) groups is 2. The molecular formula is C18H21N10O5S3+. The topological polar surface area (TPSA) is 242 Å². The standard InChI is InChI=1S/C18H20N10O5S3/c1-33-26-9(8-5-35-17(21)23-8)13(29)24-10-14(30)28-11(16(31)32)6(3-34-15(10)28)4-36-18-25-12(20)7(19)2-27(18)22/h2,5,10,15,20H,3-4,19,22H2,1H3,(H4,21,23,24,29,31,32)/p+1/b26-9-/t10?,15-/m1/s1. The number of anilines is 3. The highest BCUT2D eigenvalue weighted by atomic mass is 32.2. The van der Waals surface area contributed by atoms with Gasteiger partial charge in [0.25, 0.3) is 17.6 Å². The first-order valence-corrected chi connectivity index (χ1v) is 12.9. The van der Waals surface area contributed by atoms with Gasteiger partial charge in [-0.05, 0) is 22.3 Å². The largest absolute Gasteiger partial charge is 0.477 e. The molecule has 4 heterocycles. The number of hydrogen-bond donors (Lipinski definition) is 6. The van der Waals surface area contributed by atoms with Crippen molar-refractivity contribution in [2.24, 2.45) is 5.16 Å². The van der Waals surface area contributed by atoms with E-state index in [0.29, 0.717) is 16.5 Å². The van der Waals surface area contributed by atoms with Gasteiger partial charge >= 0.3 is 11.1 Å². The van der Waals surface area contributed by atoms with E-state index >= 15 is 0 Å². The van der Waals surface area contributed by atoms with E-state index in [1.807, 2.05) is 0 Å². The molecule has 10 N–H and O–H groups in total. The minimum atomic E-state index is -1.26. The van der Waals surface area contributed by atoms with Crippen LogP contribution in [0.25, 0.3) is 0 Å². The third-order valence-electron chi connectivity index (χ3n) is 5.09. The predicted molar refractivity (Wildman–Crippen MR) is 134 cm³/mol. The van der Waals surface area contributed by atoms with Gasteiger partial charge in [0.05, 0.1) is 0 Å². The lowest BCUT2D eigenvalue weighted by atomic mass is 10.0. The zero-order valence-electron chi connectivity index (χ0n) is 18.6. The summed E-state index contributed by atoms with van der Waals surface area (Å²) in [6.45, 7) is 0. The van der Waals surface area contributed by atoms with Crippen molar-refractivity contribution in [3.05, 3.63) is 28.5 Å². The lowest BCUT2D eigenvalue weighted by Gasteiger charge is -2.49. The van der Waals surface area contributed by atoms with E-state index < -0.39 is 29.2 Å². The molecule has 18 heteroatoms. The van der Waals surface area contributed by atoms with E-state index in [1.165, 1.54) is 35.1 Å². The Morgan fingerprint density at radius 3 is 2.78 bits per heavy atom. The Morgan fingerprint density at radius 2 is 2.14 bits per heavy atom. The fourth-order valence-corrected chi connectivity index (χ4v) is 6.38. The molecule has 1 fully saturated rings. The van der Waals surface area contributed by atoms with Crippen LogP contribution in [0.4, 0.5) is 16.6 Å². The van der Waals surface area contributed by atoms with E-state index in [1.54, 1.807) is 0 Å². The second-order valence-corrected chi connectivity index (χ2v) is 10.3. The van der Waals surface area contributed by atoms with Crippen molar-refractivity contribution in [2.75, 3.05) is 41.7 Å². The van der Waals surface area contributed by atoms with Crippen molar-refractivity contribution in [1.29, 1.82) is 0 Å². The second-order valence-electron chi connectivity index (χ2n) is 7.37. The van der Waals surface area contributed by atoms with Gasteiger partial charge in [-0.1, -0.05) is 5.16 Å². The van der Waals surface area contributed by atoms with Gasteiger partial charge in [0.1, 0.15) is 41.8 Å². The average Bonchev–Trinajstić information content (AvgIpc) is 3.27. The fourth-order valence-electron chi connectivity index (χ4n) is 3.45. The molecule has 0 radical (unpaired) electrons. The number of fused-ring (bicyclic) bond motifs is 1. The highest BCUT2D eigenvalue weighted by Gasteiger charge is 2.54. The van der Waals surface area contributed by atoms with Crippen LogP contribution in [-0.2, 0) is 19.2 Å². The van der Waals surface area contributed by atoms with E-state index in [-0.39, 0.29) is 39.5 Å². The van der Waals surface area contributed by atoms with Crippen LogP contribution >= 0.6 is 34.9 Å². The van der Waals surface area contributed by atoms with Gasteiger partial charge < -0.3 is 32.5 Å². The molecule has 2 aromatic heterocycles. The number of aromatic nitrogens is 3. The molecule has 2 amide bonds. The number of amides is 2. The van der Waals surface area contributed by atoms with Gasteiger partial charge in [-0.3, -0.25) is 20.3 Å². The summed E-state index contributed by atoms with van der Waals surface area (Å²) in [5.74, 6) is 3.90. The molecule has 4 rings (SSSR count). The van der Waals surface area contributed by atoms with E-state index in [0.717, 1.165) is 28.0 Å². The lowest BCUT2D eigenvalue weighted by Crippen LogP contribution is -2.71. The van der Waals surface area contributed by atoms with Crippen molar-refractivity contribution >= 4 is 75.0 Å². The van der Waals surface area contributed by atoms with Gasteiger partial charge in [-0.25, -0.2) is 9.78 Å². The number of rotatable bonds is 8. The van der Waals surface area contributed by atoms with Gasteiger partial charge in [0.2, 0.25) is 0 Å².